The van der Waals surface area contributed by atoms with Crippen LogP contribution < -0.4 is 5.32 Å². The highest BCUT2D eigenvalue weighted by Gasteiger charge is 2.17. The second-order valence-electron chi connectivity index (χ2n) is 5.86. The first-order valence-electron chi connectivity index (χ1n) is 7.24. The van der Waals surface area contributed by atoms with Gasteiger partial charge in [-0.2, -0.15) is 11.8 Å². The third kappa shape index (κ3) is 5.21. The molecule has 2 rings (SSSR count). The Morgan fingerprint density at radius 2 is 2.37 bits per heavy atom. The van der Waals surface area contributed by atoms with Crippen LogP contribution in [0.3, 0.4) is 0 Å². The van der Waals surface area contributed by atoms with Crippen LogP contribution in [0.25, 0.3) is 0 Å². The molecule has 0 amide bonds. The van der Waals surface area contributed by atoms with Gasteiger partial charge in [-0.3, -0.25) is 4.90 Å². The molecule has 2 heterocycles. The lowest BCUT2D eigenvalue weighted by Crippen LogP contribution is -2.35. The third-order valence-corrected chi connectivity index (χ3v) is 4.43. The molecule has 1 N–H and O–H groups in total. The molecule has 1 atom stereocenters. The molecule has 108 valence electrons. The summed E-state index contributed by atoms with van der Waals surface area (Å²) in [5, 5.41) is 4.19. The summed E-state index contributed by atoms with van der Waals surface area (Å²) >= 11 is 2.07. The van der Waals surface area contributed by atoms with E-state index in [-0.39, 0.29) is 0 Å². The maximum absolute atomic E-state index is 5.67. The van der Waals surface area contributed by atoms with Crippen molar-refractivity contribution in [2.45, 2.75) is 39.1 Å². The van der Waals surface area contributed by atoms with Gasteiger partial charge in [0.05, 0.1) is 12.8 Å². The van der Waals surface area contributed by atoms with Crippen LogP contribution in [0, 0.1) is 5.92 Å². The minimum atomic E-state index is 0.693. The van der Waals surface area contributed by atoms with Crippen LogP contribution in [-0.4, -0.2) is 35.5 Å². The monoisotopic (exact) mass is 282 g/mol. The average molecular weight is 282 g/mol. The molecule has 1 aromatic heterocycles. The van der Waals surface area contributed by atoms with Crippen LogP contribution in [0.5, 0.6) is 0 Å². The van der Waals surface area contributed by atoms with E-state index in [2.05, 4.69) is 48.8 Å². The van der Waals surface area contributed by atoms with E-state index in [0.717, 1.165) is 30.6 Å². The van der Waals surface area contributed by atoms with Crippen molar-refractivity contribution in [1.29, 1.82) is 0 Å². The first kappa shape index (κ1) is 14.9. The van der Waals surface area contributed by atoms with Crippen LogP contribution in [0.2, 0.25) is 0 Å². The second-order valence-corrected chi connectivity index (χ2v) is 7.41. The molecule has 1 aromatic rings. The molecule has 0 saturated carbocycles. The average Bonchev–Trinajstić information content (AvgIpc) is 2.76. The van der Waals surface area contributed by atoms with E-state index in [0.29, 0.717) is 5.92 Å². The summed E-state index contributed by atoms with van der Waals surface area (Å²) in [6, 6.07) is 2.19. The summed E-state index contributed by atoms with van der Waals surface area (Å²) in [5.41, 5.74) is 1.26. The molecule has 4 heteroatoms. The van der Waals surface area contributed by atoms with E-state index < -0.39 is 0 Å². The molecule has 1 aliphatic heterocycles. The highest BCUT2D eigenvalue weighted by Crippen LogP contribution is 2.20. The largest absolute Gasteiger partial charge is 0.468 e. The molecule has 3 nitrogen and oxygen atoms in total. The summed E-state index contributed by atoms with van der Waals surface area (Å²) in [4.78, 5) is 2.49. The number of nitrogens with one attached hydrogen (secondary N) is 1. The fourth-order valence-electron chi connectivity index (χ4n) is 2.36. The molecule has 19 heavy (non-hydrogen) atoms. The highest BCUT2D eigenvalue weighted by atomic mass is 32.2. The van der Waals surface area contributed by atoms with Gasteiger partial charge in [0.1, 0.15) is 5.76 Å². The summed E-state index contributed by atoms with van der Waals surface area (Å²) in [7, 11) is 0. The first-order valence-corrected chi connectivity index (χ1v) is 8.29. The van der Waals surface area contributed by atoms with Gasteiger partial charge in [-0.1, -0.05) is 20.8 Å². The van der Waals surface area contributed by atoms with Gasteiger partial charge in [-0.05, 0) is 18.5 Å². The van der Waals surface area contributed by atoms with Crippen molar-refractivity contribution >= 4 is 11.8 Å². The first-order chi connectivity index (χ1) is 9.13. The SMILES string of the molecule is CC(C)CNCc1coc(CN2CCSC(C)C2)c1. The van der Waals surface area contributed by atoms with Crippen LogP contribution in [0.15, 0.2) is 16.7 Å². The number of nitrogens with zero attached hydrogens (tertiary/aromatic N) is 1. The van der Waals surface area contributed by atoms with Crippen molar-refractivity contribution in [3.05, 3.63) is 23.7 Å². The van der Waals surface area contributed by atoms with Crippen LogP contribution in [0.1, 0.15) is 32.1 Å². The minimum absolute atomic E-state index is 0.693. The quantitative estimate of drug-likeness (QED) is 0.868. The number of thioether (sulfide) groups is 1. The lowest BCUT2D eigenvalue weighted by Gasteiger charge is -2.29. The van der Waals surface area contributed by atoms with Crippen LogP contribution in [0.4, 0.5) is 0 Å². The van der Waals surface area contributed by atoms with Gasteiger partial charge in [0.25, 0.3) is 0 Å². The van der Waals surface area contributed by atoms with E-state index in [1.807, 2.05) is 6.26 Å². The van der Waals surface area contributed by atoms with Crippen molar-refractivity contribution in [3.63, 3.8) is 0 Å². The topological polar surface area (TPSA) is 28.4 Å². The van der Waals surface area contributed by atoms with Crippen LogP contribution >= 0.6 is 11.8 Å². The Bertz CT molecular complexity index is 378. The lowest BCUT2D eigenvalue weighted by molar-refractivity contribution is 0.254. The Morgan fingerprint density at radius 3 is 3.11 bits per heavy atom. The molecule has 0 bridgehead atoms. The van der Waals surface area contributed by atoms with Crippen molar-refractivity contribution in [3.8, 4) is 0 Å². The Hall–Kier alpha value is -0.450. The Labute approximate surface area is 121 Å². The maximum Gasteiger partial charge on any atom is 0.118 e. The molecule has 0 aliphatic carbocycles. The van der Waals surface area contributed by atoms with Gasteiger partial charge in [0.2, 0.25) is 0 Å². The molecule has 0 radical (unpaired) electrons. The lowest BCUT2D eigenvalue weighted by atomic mass is 10.2. The number of rotatable bonds is 6. The number of furan rings is 1. The van der Waals surface area contributed by atoms with Crippen molar-refractivity contribution < 1.29 is 4.42 Å². The van der Waals surface area contributed by atoms with E-state index in [1.165, 1.54) is 24.4 Å². The molecule has 1 fully saturated rings. The fourth-order valence-corrected chi connectivity index (χ4v) is 3.44. The zero-order chi connectivity index (χ0) is 13.7. The zero-order valence-electron chi connectivity index (χ0n) is 12.3. The molecular formula is C15H26N2OS. The second kappa shape index (κ2) is 7.36. The van der Waals surface area contributed by atoms with Crippen molar-refractivity contribution in [2.75, 3.05) is 25.4 Å². The molecular weight excluding hydrogens is 256 g/mol. The standard InChI is InChI=1S/C15H26N2OS/c1-12(2)7-16-8-14-6-15(18-11-14)10-17-4-5-19-13(3)9-17/h6,11-13,16H,4-5,7-10H2,1-3H3. The van der Waals surface area contributed by atoms with Gasteiger partial charge >= 0.3 is 0 Å². The zero-order valence-corrected chi connectivity index (χ0v) is 13.1. The van der Waals surface area contributed by atoms with E-state index >= 15 is 0 Å². The van der Waals surface area contributed by atoms with E-state index in [9.17, 15) is 0 Å². The minimum Gasteiger partial charge on any atom is -0.468 e. The Morgan fingerprint density at radius 1 is 1.53 bits per heavy atom. The molecule has 1 aliphatic rings. The van der Waals surface area contributed by atoms with Gasteiger partial charge in [0.15, 0.2) is 0 Å². The van der Waals surface area contributed by atoms with Crippen molar-refractivity contribution in [1.82, 2.24) is 10.2 Å². The van der Waals surface area contributed by atoms with Gasteiger partial charge in [-0.15, -0.1) is 0 Å². The molecule has 0 spiro atoms. The Balaban J connectivity index is 1.77. The fraction of sp³-hybridized carbons (Fsp3) is 0.733. The predicted octanol–water partition coefficient (Wildman–Crippen LogP) is 2.96. The molecule has 1 unspecified atom stereocenters. The maximum atomic E-state index is 5.67. The van der Waals surface area contributed by atoms with Gasteiger partial charge < -0.3 is 9.73 Å². The highest BCUT2D eigenvalue weighted by molar-refractivity contribution is 7.99. The molecule has 0 aromatic carbocycles. The number of hydrogen-bond donors (Lipinski definition) is 1. The van der Waals surface area contributed by atoms with E-state index in [4.69, 9.17) is 4.42 Å². The summed E-state index contributed by atoms with van der Waals surface area (Å²) < 4.78 is 5.67. The van der Waals surface area contributed by atoms with Gasteiger partial charge in [-0.25, -0.2) is 0 Å². The summed E-state index contributed by atoms with van der Waals surface area (Å²) in [6.45, 7) is 12.0. The smallest absolute Gasteiger partial charge is 0.118 e. The Kier molecular flexibility index (Phi) is 5.79. The van der Waals surface area contributed by atoms with Gasteiger partial charge in [0, 0.05) is 36.2 Å². The summed E-state index contributed by atoms with van der Waals surface area (Å²) in [5.74, 6) is 3.03. The van der Waals surface area contributed by atoms with Crippen molar-refractivity contribution in [2.24, 2.45) is 5.92 Å². The van der Waals surface area contributed by atoms with E-state index in [1.54, 1.807) is 0 Å². The predicted molar refractivity (Wildman–Crippen MR) is 82.4 cm³/mol. The third-order valence-electron chi connectivity index (χ3n) is 3.29. The molecule has 1 saturated heterocycles. The normalized spacial score (nSPS) is 21.2. The van der Waals surface area contributed by atoms with Crippen LogP contribution in [-0.2, 0) is 13.1 Å². The summed E-state index contributed by atoms with van der Waals surface area (Å²) in [6.07, 6.45) is 1.89. The number of hydrogen-bond acceptors (Lipinski definition) is 4.